The smallest absolute Gasteiger partial charge is 0.123 e. The molecule has 0 aromatic heterocycles. The number of hydrogen-bond donors (Lipinski definition) is 2. The van der Waals surface area contributed by atoms with E-state index in [0.29, 0.717) is 5.75 Å². The van der Waals surface area contributed by atoms with Gasteiger partial charge in [0.05, 0.1) is 26.2 Å². The van der Waals surface area contributed by atoms with E-state index < -0.39 is 0 Å². The van der Waals surface area contributed by atoms with Crippen LogP contribution < -0.4 is 9.80 Å². The van der Waals surface area contributed by atoms with Gasteiger partial charge < -0.3 is 14.9 Å². The highest BCUT2D eigenvalue weighted by atomic mass is 32.2. The summed E-state index contributed by atoms with van der Waals surface area (Å²) in [5.41, 5.74) is 1.28. The number of nitrogens with zero attached hydrogens (tertiary/aromatic N) is 1. The van der Waals surface area contributed by atoms with Crippen LogP contribution in [0.15, 0.2) is 59.5 Å². The number of quaternary nitrogens is 1. The highest BCUT2D eigenvalue weighted by molar-refractivity contribution is 7.99. The largest absolute Gasteiger partial charge is 0.386 e. The third kappa shape index (κ3) is 4.97. The van der Waals surface area contributed by atoms with E-state index in [1.165, 1.54) is 22.7 Å². The first-order chi connectivity index (χ1) is 11.7. The minimum atomic E-state index is -0.335. The van der Waals surface area contributed by atoms with Crippen LogP contribution >= 0.6 is 11.8 Å². The highest BCUT2D eigenvalue weighted by Gasteiger charge is 2.22. The quantitative estimate of drug-likeness (QED) is 0.779. The van der Waals surface area contributed by atoms with Crippen molar-refractivity contribution >= 4 is 17.4 Å². The molecular formula is C19H24FN2OS+. The number of benzene rings is 2. The first-order valence-electron chi connectivity index (χ1n) is 8.41. The molecule has 0 aliphatic carbocycles. The summed E-state index contributed by atoms with van der Waals surface area (Å²) in [5.74, 6) is 0.429. The number of rotatable bonds is 6. The predicted octanol–water partition coefficient (Wildman–Crippen LogP) is 1.68. The minimum absolute atomic E-state index is 0.222. The maximum Gasteiger partial charge on any atom is 0.123 e. The maximum atomic E-state index is 12.9. The molecule has 0 unspecified atom stereocenters. The summed E-state index contributed by atoms with van der Waals surface area (Å²) in [6.45, 7) is 4.92. The zero-order chi connectivity index (χ0) is 16.8. The lowest BCUT2D eigenvalue weighted by Gasteiger charge is -2.34. The fourth-order valence-corrected chi connectivity index (χ4v) is 3.87. The normalized spacial score (nSPS) is 17.0. The topological polar surface area (TPSA) is 27.9 Å². The molecule has 1 heterocycles. The zero-order valence-corrected chi connectivity index (χ0v) is 14.5. The van der Waals surface area contributed by atoms with E-state index in [4.69, 9.17) is 0 Å². The number of thioether (sulfide) groups is 1. The van der Waals surface area contributed by atoms with Gasteiger partial charge in [-0.3, -0.25) is 0 Å². The molecule has 2 N–H and O–H groups in total. The molecule has 0 bridgehead atoms. The Morgan fingerprint density at radius 3 is 2.38 bits per heavy atom. The van der Waals surface area contributed by atoms with Gasteiger partial charge in [0.2, 0.25) is 0 Å². The molecule has 3 nitrogen and oxygen atoms in total. The molecule has 2 aromatic rings. The fourth-order valence-electron chi connectivity index (χ4n) is 3.04. The first kappa shape index (κ1) is 17.3. The van der Waals surface area contributed by atoms with E-state index in [0.717, 1.165) is 37.6 Å². The van der Waals surface area contributed by atoms with Crippen molar-refractivity contribution in [1.82, 2.24) is 0 Å². The van der Waals surface area contributed by atoms with Crippen LogP contribution in [0.25, 0.3) is 0 Å². The predicted molar refractivity (Wildman–Crippen MR) is 97.3 cm³/mol. The lowest BCUT2D eigenvalue weighted by molar-refractivity contribution is -0.903. The number of para-hydroxylation sites is 1. The van der Waals surface area contributed by atoms with Crippen LogP contribution in [0.5, 0.6) is 0 Å². The van der Waals surface area contributed by atoms with Gasteiger partial charge in [0, 0.05) is 16.3 Å². The van der Waals surface area contributed by atoms with Crippen LogP contribution in [0.3, 0.4) is 0 Å². The number of halogens is 1. The van der Waals surface area contributed by atoms with Gasteiger partial charge in [-0.05, 0) is 36.4 Å². The number of aliphatic hydroxyl groups is 1. The number of piperazine rings is 1. The average Bonchev–Trinajstić information content (AvgIpc) is 2.63. The third-order valence-corrected chi connectivity index (χ3v) is 5.53. The van der Waals surface area contributed by atoms with E-state index in [1.54, 1.807) is 23.9 Å². The summed E-state index contributed by atoms with van der Waals surface area (Å²) in [4.78, 5) is 4.86. The van der Waals surface area contributed by atoms with Crippen molar-refractivity contribution in [3.63, 3.8) is 0 Å². The van der Waals surface area contributed by atoms with Crippen molar-refractivity contribution < 1.29 is 14.4 Å². The fraction of sp³-hybridized carbons (Fsp3) is 0.368. The third-order valence-electron chi connectivity index (χ3n) is 4.37. The van der Waals surface area contributed by atoms with Gasteiger partial charge in [-0.2, -0.15) is 0 Å². The van der Waals surface area contributed by atoms with Gasteiger partial charge in [0.25, 0.3) is 0 Å². The standard InChI is InChI=1S/C19H23FN2OS/c20-16-6-8-19(9-7-16)24-15-18(23)14-21-10-12-22(13-11-21)17-4-2-1-3-5-17/h1-9,18,23H,10-15H2/p+1/t18-/m0/s1. The van der Waals surface area contributed by atoms with Crippen LogP contribution in [-0.2, 0) is 0 Å². The van der Waals surface area contributed by atoms with E-state index in [1.807, 2.05) is 6.07 Å². The van der Waals surface area contributed by atoms with Crippen molar-refractivity contribution in [2.75, 3.05) is 43.4 Å². The minimum Gasteiger partial charge on any atom is -0.386 e. The molecule has 1 aliphatic rings. The van der Waals surface area contributed by atoms with E-state index in [2.05, 4.69) is 29.2 Å². The number of hydrogen-bond acceptors (Lipinski definition) is 3. The summed E-state index contributed by atoms with van der Waals surface area (Å²) in [6.07, 6.45) is -0.335. The van der Waals surface area contributed by atoms with Gasteiger partial charge in [-0.25, -0.2) is 4.39 Å². The second-order valence-corrected chi connectivity index (χ2v) is 7.29. The Hall–Kier alpha value is -1.56. The molecule has 0 amide bonds. The molecule has 5 heteroatoms. The number of aliphatic hydroxyl groups excluding tert-OH is 1. The molecule has 1 saturated heterocycles. The second-order valence-electron chi connectivity index (χ2n) is 6.20. The molecule has 0 radical (unpaired) electrons. The summed E-state index contributed by atoms with van der Waals surface area (Å²) in [7, 11) is 0. The Bertz CT molecular complexity index is 615. The van der Waals surface area contributed by atoms with Gasteiger partial charge in [0.1, 0.15) is 18.5 Å². The van der Waals surface area contributed by atoms with Crippen molar-refractivity contribution in [3.05, 3.63) is 60.4 Å². The maximum absolute atomic E-state index is 12.9. The van der Waals surface area contributed by atoms with E-state index in [-0.39, 0.29) is 11.9 Å². The average molecular weight is 347 g/mol. The SMILES string of the molecule is O[C@H](CSc1ccc(F)cc1)C[NH+]1CCN(c2ccccc2)CC1. The molecule has 2 aromatic carbocycles. The molecule has 3 rings (SSSR count). The Morgan fingerprint density at radius 1 is 1.04 bits per heavy atom. The molecule has 1 aliphatic heterocycles. The first-order valence-corrected chi connectivity index (χ1v) is 9.39. The summed E-state index contributed by atoms with van der Waals surface area (Å²) < 4.78 is 12.9. The van der Waals surface area contributed by atoms with Crippen molar-refractivity contribution in [2.24, 2.45) is 0 Å². The lowest BCUT2D eigenvalue weighted by Crippen LogP contribution is -3.15. The van der Waals surface area contributed by atoms with Crippen molar-refractivity contribution in [3.8, 4) is 0 Å². The van der Waals surface area contributed by atoms with Gasteiger partial charge in [-0.1, -0.05) is 18.2 Å². The lowest BCUT2D eigenvalue weighted by atomic mass is 10.2. The Labute approximate surface area is 147 Å². The molecule has 24 heavy (non-hydrogen) atoms. The van der Waals surface area contributed by atoms with Gasteiger partial charge >= 0.3 is 0 Å². The molecule has 1 atom stereocenters. The second kappa shape index (κ2) is 8.51. The van der Waals surface area contributed by atoms with Gasteiger partial charge in [-0.15, -0.1) is 11.8 Å². The Balaban J connectivity index is 1.40. The Morgan fingerprint density at radius 2 is 1.71 bits per heavy atom. The molecule has 128 valence electrons. The summed E-state index contributed by atoms with van der Waals surface area (Å²) >= 11 is 1.58. The molecule has 1 fully saturated rings. The van der Waals surface area contributed by atoms with Crippen LogP contribution in [0.1, 0.15) is 0 Å². The van der Waals surface area contributed by atoms with E-state index >= 15 is 0 Å². The molecular weight excluding hydrogens is 323 g/mol. The summed E-state index contributed by atoms with van der Waals surface area (Å²) in [5, 5.41) is 10.3. The van der Waals surface area contributed by atoms with Crippen LogP contribution in [0.2, 0.25) is 0 Å². The summed E-state index contributed by atoms with van der Waals surface area (Å²) in [6, 6.07) is 16.9. The van der Waals surface area contributed by atoms with Crippen molar-refractivity contribution in [2.45, 2.75) is 11.0 Å². The number of anilines is 1. The monoisotopic (exact) mass is 347 g/mol. The zero-order valence-electron chi connectivity index (χ0n) is 13.7. The molecule has 0 saturated carbocycles. The van der Waals surface area contributed by atoms with Gasteiger partial charge in [0.15, 0.2) is 0 Å². The Kier molecular flexibility index (Phi) is 6.12. The highest BCUT2D eigenvalue weighted by Crippen LogP contribution is 2.18. The van der Waals surface area contributed by atoms with Crippen molar-refractivity contribution in [1.29, 1.82) is 0 Å². The van der Waals surface area contributed by atoms with E-state index in [9.17, 15) is 9.50 Å². The number of nitrogens with one attached hydrogen (secondary N) is 1. The van der Waals surface area contributed by atoms with Crippen LogP contribution in [-0.4, -0.2) is 49.7 Å². The molecule has 0 spiro atoms. The van der Waals surface area contributed by atoms with Crippen LogP contribution in [0.4, 0.5) is 10.1 Å². The van der Waals surface area contributed by atoms with Crippen LogP contribution in [0, 0.1) is 5.82 Å².